The lowest BCUT2D eigenvalue weighted by molar-refractivity contribution is -0.145. The van der Waals surface area contributed by atoms with E-state index in [1.54, 1.807) is 71.3 Å². The van der Waals surface area contributed by atoms with Crippen molar-refractivity contribution in [2.75, 3.05) is 0 Å². The van der Waals surface area contributed by atoms with Crippen molar-refractivity contribution in [3.05, 3.63) is 88.6 Å². The van der Waals surface area contributed by atoms with Crippen LogP contribution in [0, 0.1) is 0 Å². The molecule has 0 saturated carbocycles. The molecule has 1 aromatic heterocycles. The number of pyridine rings is 1. The maximum Gasteiger partial charge on any atom is 0.387 e. The number of carbonyl (C=O) groups is 1. The summed E-state index contributed by atoms with van der Waals surface area (Å²) in [5, 5.41) is 0.999. The Morgan fingerprint density at radius 1 is 0.867 bits per heavy atom. The maximum atomic E-state index is 12.8. The van der Waals surface area contributed by atoms with E-state index in [4.69, 9.17) is 4.74 Å². The third kappa shape index (κ3) is 3.87. The van der Waals surface area contributed by atoms with Crippen LogP contribution in [0.25, 0.3) is 21.8 Å². The topological polar surface area (TPSA) is 57.5 Å². The van der Waals surface area contributed by atoms with Gasteiger partial charge in [-0.05, 0) is 30.3 Å². The van der Waals surface area contributed by atoms with Crippen LogP contribution in [0.15, 0.2) is 77.6 Å². The van der Waals surface area contributed by atoms with E-state index in [0.717, 1.165) is 0 Å². The van der Waals surface area contributed by atoms with Crippen LogP contribution in [0.2, 0.25) is 0 Å². The summed E-state index contributed by atoms with van der Waals surface area (Å²) in [6.07, 6.45) is 0. The number of nitrogens with zero attached hydrogens (tertiary/aromatic N) is 1. The van der Waals surface area contributed by atoms with E-state index >= 15 is 0 Å². The highest BCUT2D eigenvalue weighted by Crippen LogP contribution is 2.22. The number of halogens is 2. The molecule has 1 heterocycles. The fraction of sp³-hybridized carbons (Fsp3) is 0.130. The van der Waals surface area contributed by atoms with E-state index in [9.17, 15) is 18.4 Å². The van der Waals surface area contributed by atoms with Gasteiger partial charge in [0, 0.05) is 16.3 Å². The Bertz CT molecular complexity index is 1220. The lowest BCUT2D eigenvalue weighted by Gasteiger charge is -2.15. The van der Waals surface area contributed by atoms with Gasteiger partial charge in [-0.3, -0.25) is 9.59 Å². The minimum Gasteiger partial charge on any atom is -0.459 e. The molecule has 0 amide bonds. The largest absolute Gasteiger partial charge is 0.459 e. The molecule has 4 aromatic rings. The minimum atomic E-state index is -2.97. The molecule has 30 heavy (non-hydrogen) atoms. The van der Waals surface area contributed by atoms with Crippen LogP contribution in [0.5, 0.6) is 5.75 Å². The van der Waals surface area contributed by atoms with E-state index in [-0.39, 0.29) is 24.3 Å². The summed E-state index contributed by atoms with van der Waals surface area (Å²) >= 11 is 0. The summed E-state index contributed by atoms with van der Waals surface area (Å²) in [6, 6.07) is 20.2. The van der Waals surface area contributed by atoms with Gasteiger partial charge in [0.1, 0.15) is 18.9 Å². The Kier molecular flexibility index (Phi) is 5.43. The number of rotatable bonds is 6. The van der Waals surface area contributed by atoms with Gasteiger partial charge in [0.25, 0.3) is 0 Å². The second-order valence-corrected chi connectivity index (χ2v) is 6.60. The van der Waals surface area contributed by atoms with E-state index in [1.165, 1.54) is 6.07 Å². The third-order valence-electron chi connectivity index (χ3n) is 4.74. The van der Waals surface area contributed by atoms with Crippen molar-refractivity contribution in [1.82, 2.24) is 4.57 Å². The van der Waals surface area contributed by atoms with Crippen molar-refractivity contribution in [2.24, 2.45) is 0 Å². The number of fused-ring (bicyclic) bond motifs is 2. The number of hydrogen-bond acceptors (Lipinski definition) is 4. The molecule has 3 aromatic carbocycles. The molecule has 0 spiro atoms. The first-order chi connectivity index (χ1) is 14.5. The van der Waals surface area contributed by atoms with Gasteiger partial charge in [0.15, 0.2) is 5.43 Å². The molecule has 5 nitrogen and oxygen atoms in total. The molecule has 0 unspecified atom stereocenters. The van der Waals surface area contributed by atoms with Gasteiger partial charge in [0.2, 0.25) is 0 Å². The molecule has 0 saturated heterocycles. The lowest BCUT2D eigenvalue weighted by Crippen LogP contribution is -2.18. The highest BCUT2D eigenvalue weighted by molar-refractivity contribution is 5.94. The number of carbonyl (C=O) groups excluding carboxylic acids is 1. The second-order valence-electron chi connectivity index (χ2n) is 6.60. The van der Waals surface area contributed by atoms with E-state index < -0.39 is 12.6 Å². The van der Waals surface area contributed by atoms with Crippen LogP contribution in [0.1, 0.15) is 5.56 Å². The number of aromatic nitrogens is 1. The van der Waals surface area contributed by atoms with Crippen LogP contribution in [-0.2, 0) is 22.7 Å². The first-order valence-corrected chi connectivity index (χ1v) is 9.23. The Balaban J connectivity index is 1.63. The molecule has 0 bridgehead atoms. The van der Waals surface area contributed by atoms with Gasteiger partial charge in [0.05, 0.1) is 11.0 Å². The molecule has 4 rings (SSSR count). The number of para-hydroxylation sites is 3. The van der Waals surface area contributed by atoms with Crippen LogP contribution >= 0.6 is 0 Å². The molecule has 0 aliphatic carbocycles. The fourth-order valence-electron chi connectivity index (χ4n) is 3.41. The predicted molar refractivity (Wildman–Crippen MR) is 109 cm³/mol. The highest BCUT2D eigenvalue weighted by atomic mass is 19.3. The van der Waals surface area contributed by atoms with Crippen molar-refractivity contribution >= 4 is 27.8 Å². The summed E-state index contributed by atoms with van der Waals surface area (Å²) in [5.41, 5.74) is 1.45. The molecular formula is C23H17F2NO4. The number of hydrogen-bond donors (Lipinski definition) is 0. The highest BCUT2D eigenvalue weighted by Gasteiger charge is 2.15. The van der Waals surface area contributed by atoms with E-state index in [0.29, 0.717) is 27.4 Å². The van der Waals surface area contributed by atoms with Crippen molar-refractivity contribution < 1.29 is 23.0 Å². The SMILES string of the molecule is O=C(Cn1c2ccccc2c(=O)c2ccccc21)OCc1ccccc1OC(F)F. The predicted octanol–water partition coefficient (Wildman–Crippen LogP) is 4.50. The van der Waals surface area contributed by atoms with Crippen LogP contribution < -0.4 is 10.2 Å². The number of alkyl halides is 2. The van der Waals surface area contributed by atoms with Gasteiger partial charge >= 0.3 is 12.6 Å². The standard InChI is InChI=1S/C23H17F2NO4/c24-23(25)30-20-12-6-1-7-15(20)14-29-21(27)13-26-18-10-4-2-8-16(18)22(28)17-9-3-5-11-19(17)26/h1-12,23H,13-14H2. The summed E-state index contributed by atoms with van der Waals surface area (Å²) in [4.78, 5) is 25.3. The Morgan fingerprint density at radius 2 is 1.43 bits per heavy atom. The van der Waals surface area contributed by atoms with E-state index in [2.05, 4.69) is 4.74 Å². The molecule has 0 radical (unpaired) electrons. The fourth-order valence-corrected chi connectivity index (χ4v) is 3.41. The Hall–Kier alpha value is -3.74. The second kappa shape index (κ2) is 8.32. The summed E-state index contributed by atoms with van der Waals surface area (Å²) in [5.74, 6) is -0.611. The minimum absolute atomic E-state index is 0.0421. The average molecular weight is 409 g/mol. The summed E-state index contributed by atoms with van der Waals surface area (Å²) in [7, 11) is 0. The zero-order chi connectivity index (χ0) is 21.1. The van der Waals surface area contributed by atoms with Crippen molar-refractivity contribution in [1.29, 1.82) is 0 Å². The quantitative estimate of drug-likeness (QED) is 0.348. The smallest absolute Gasteiger partial charge is 0.387 e. The number of esters is 1. The van der Waals surface area contributed by atoms with Gasteiger partial charge in [-0.15, -0.1) is 0 Å². The third-order valence-corrected chi connectivity index (χ3v) is 4.74. The number of ether oxygens (including phenoxy) is 2. The molecule has 0 aliphatic heterocycles. The van der Waals surface area contributed by atoms with E-state index in [1.807, 2.05) is 0 Å². The molecule has 152 valence electrons. The van der Waals surface area contributed by atoms with Gasteiger partial charge in [-0.2, -0.15) is 8.78 Å². The number of benzene rings is 3. The Labute approximate surface area is 170 Å². The summed E-state index contributed by atoms with van der Waals surface area (Å²) in [6.45, 7) is -3.32. The zero-order valence-electron chi connectivity index (χ0n) is 15.8. The van der Waals surface area contributed by atoms with Crippen LogP contribution in [0.4, 0.5) is 8.78 Å². The molecule has 0 fully saturated rings. The first-order valence-electron chi connectivity index (χ1n) is 9.23. The zero-order valence-corrected chi connectivity index (χ0v) is 15.8. The molecule has 0 N–H and O–H groups in total. The monoisotopic (exact) mass is 409 g/mol. The lowest BCUT2D eigenvalue weighted by atomic mass is 10.1. The summed E-state index contributed by atoms with van der Waals surface area (Å²) < 4.78 is 36.6. The van der Waals surface area contributed by atoms with Crippen LogP contribution in [-0.4, -0.2) is 17.1 Å². The Morgan fingerprint density at radius 3 is 2.07 bits per heavy atom. The van der Waals surface area contributed by atoms with Crippen molar-refractivity contribution in [3.8, 4) is 5.75 Å². The van der Waals surface area contributed by atoms with Crippen LogP contribution in [0.3, 0.4) is 0 Å². The normalized spacial score (nSPS) is 11.2. The molecule has 0 aliphatic rings. The molecule has 7 heteroatoms. The average Bonchev–Trinajstić information content (AvgIpc) is 2.75. The van der Waals surface area contributed by atoms with Crippen molar-refractivity contribution in [3.63, 3.8) is 0 Å². The van der Waals surface area contributed by atoms with Gasteiger partial charge in [-0.25, -0.2) is 0 Å². The molecule has 0 atom stereocenters. The van der Waals surface area contributed by atoms with Crippen molar-refractivity contribution in [2.45, 2.75) is 19.8 Å². The van der Waals surface area contributed by atoms with Gasteiger partial charge in [-0.1, -0.05) is 42.5 Å². The maximum absolute atomic E-state index is 12.8. The molecular weight excluding hydrogens is 392 g/mol. The van der Waals surface area contributed by atoms with Gasteiger partial charge < -0.3 is 14.0 Å². The first kappa shape index (κ1) is 19.6.